The van der Waals surface area contributed by atoms with Crippen molar-refractivity contribution in [3.05, 3.63) is 88.3 Å². The summed E-state index contributed by atoms with van der Waals surface area (Å²) in [6.45, 7) is 0.200. The Balaban J connectivity index is 1.63. The summed E-state index contributed by atoms with van der Waals surface area (Å²) >= 11 is 9.16. The van der Waals surface area contributed by atoms with Crippen LogP contribution in [0.4, 0.5) is 9.52 Å². The molecule has 5 aromatic rings. The second-order valence-corrected chi connectivity index (χ2v) is 8.98. The summed E-state index contributed by atoms with van der Waals surface area (Å²) in [5.74, 6) is -0.702. The van der Waals surface area contributed by atoms with Gasteiger partial charge in [-0.05, 0) is 30.3 Å². The smallest absolute Gasteiger partial charge is 0.272 e. The maximum atomic E-state index is 14.2. The molecule has 0 N–H and O–H groups in total. The van der Waals surface area contributed by atoms with E-state index in [1.807, 2.05) is 42.5 Å². The Bertz CT molecular complexity index is 1380. The van der Waals surface area contributed by atoms with Gasteiger partial charge in [0.1, 0.15) is 16.2 Å². The number of halogens is 2. The fourth-order valence-electron chi connectivity index (χ4n) is 3.17. The maximum absolute atomic E-state index is 14.2. The molecule has 3 aromatic heterocycles. The zero-order valence-electron chi connectivity index (χ0n) is 15.4. The summed E-state index contributed by atoms with van der Waals surface area (Å²) in [7, 11) is 0. The number of rotatable bonds is 4. The molecule has 0 spiro atoms. The first-order valence-electron chi connectivity index (χ1n) is 9.05. The lowest BCUT2D eigenvalue weighted by Crippen LogP contribution is -2.30. The van der Waals surface area contributed by atoms with E-state index in [1.54, 1.807) is 18.3 Å². The number of carbonyl (C=O) groups excluding carboxylic acids is 1. The number of aromatic nitrogens is 2. The average Bonchev–Trinajstić information content (AvgIpc) is 3.35. The van der Waals surface area contributed by atoms with Gasteiger partial charge in [0, 0.05) is 16.3 Å². The summed E-state index contributed by atoms with van der Waals surface area (Å²) < 4.78 is 15.8. The molecule has 0 bridgehead atoms. The molecule has 1 amide bonds. The van der Waals surface area contributed by atoms with Crippen LogP contribution < -0.4 is 4.90 Å². The number of thiazole rings is 1. The second-order valence-electron chi connectivity index (χ2n) is 6.54. The number of carbonyl (C=O) groups is 1. The lowest BCUT2D eigenvalue weighted by molar-refractivity contribution is 0.0989. The number of amides is 1. The lowest BCUT2D eigenvalue weighted by atomic mass is 10.2. The molecule has 3 heterocycles. The van der Waals surface area contributed by atoms with Crippen LogP contribution in [0.25, 0.3) is 20.3 Å². The Hall–Kier alpha value is -2.87. The molecule has 0 atom stereocenters. The predicted octanol–water partition coefficient (Wildman–Crippen LogP) is 6.55. The molecule has 0 radical (unpaired) electrons. The molecule has 5 rings (SSSR count). The van der Waals surface area contributed by atoms with E-state index in [4.69, 9.17) is 11.6 Å². The lowest BCUT2D eigenvalue weighted by Gasteiger charge is -2.19. The molecule has 0 saturated heterocycles. The Kier molecular flexibility index (Phi) is 4.94. The van der Waals surface area contributed by atoms with E-state index >= 15 is 0 Å². The molecule has 2 aromatic carbocycles. The fourth-order valence-corrected chi connectivity index (χ4v) is 5.61. The topological polar surface area (TPSA) is 46.1 Å². The number of hydrogen-bond donors (Lipinski definition) is 0. The van der Waals surface area contributed by atoms with Crippen LogP contribution in [0.1, 0.15) is 15.4 Å². The van der Waals surface area contributed by atoms with Gasteiger partial charge in [0.2, 0.25) is 0 Å². The molecule has 0 unspecified atom stereocenters. The summed E-state index contributed by atoms with van der Waals surface area (Å²) in [4.78, 5) is 24.3. The van der Waals surface area contributed by atoms with Crippen molar-refractivity contribution in [2.75, 3.05) is 4.90 Å². The van der Waals surface area contributed by atoms with Gasteiger partial charge in [0.05, 0.1) is 22.0 Å². The largest absolute Gasteiger partial charge is 0.277 e. The van der Waals surface area contributed by atoms with Gasteiger partial charge in [-0.3, -0.25) is 14.7 Å². The maximum Gasteiger partial charge on any atom is 0.272 e. The van der Waals surface area contributed by atoms with Gasteiger partial charge in [-0.1, -0.05) is 53.3 Å². The van der Waals surface area contributed by atoms with Crippen LogP contribution in [0.3, 0.4) is 0 Å². The van der Waals surface area contributed by atoms with Crippen LogP contribution in [0.15, 0.2) is 66.9 Å². The molecular formula is C22H13ClFN3OS2. The van der Waals surface area contributed by atoms with Crippen LogP contribution in [-0.2, 0) is 6.54 Å². The molecular weight excluding hydrogens is 441 g/mol. The zero-order chi connectivity index (χ0) is 20.7. The third kappa shape index (κ3) is 3.35. The monoisotopic (exact) mass is 453 g/mol. The number of para-hydroxylation sites is 1. The van der Waals surface area contributed by atoms with Crippen LogP contribution in [-0.4, -0.2) is 15.9 Å². The highest BCUT2D eigenvalue weighted by molar-refractivity contribution is 7.23. The summed E-state index contributed by atoms with van der Waals surface area (Å²) in [5, 5.41) is 1.65. The SMILES string of the molecule is O=C(c1sc2ccccc2c1Cl)N(Cc1ccccn1)c1nc2c(F)cccc2s1. The van der Waals surface area contributed by atoms with Crippen molar-refractivity contribution in [2.45, 2.75) is 6.54 Å². The third-order valence-corrected chi connectivity index (χ3v) is 7.32. The molecule has 4 nitrogen and oxygen atoms in total. The number of thiophene rings is 1. The molecule has 0 fully saturated rings. The van der Waals surface area contributed by atoms with E-state index in [1.165, 1.54) is 33.6 Å². The quantitative estimate of drug-likeness (QED) is 0.310. The third-order valence-electron chi connectivity index (χ3n) is 4.61. The Labute approximate surface area is 184 Å². The average molecular weight is 454 g/mol. The molecule has 30 heavy (non-hydrogen) atoms. The second kappa shape index (κ2) is 7.75. The number of anilines is 1. The van der Waals surface area contributed by atoms with Gasteiger partial charge in [0.15, 0.2) is 5.13 Å². The number of hydrogen-bond acceptors (Lipinski definition) is 5. The molecule has 0 saturated carbocycles. The highest BCUT2D eigenvalue weighted by Gasteiger charge is 2.27. The van der Waals surface area contributed by atoms with E-state index in [0.717, 1.165) is 10.1 Å². The molecule has 8 heteroatoms. The minimum Gasteiger partial charge on any atom is -0.277 e. The minimum atomic E-state index is -0.417. The summed E-state index contributed by atoms with van der Waals surface area (Å²) in [6.07, 6.45) is 1.67. The predicted molar refractivity (Wildman–Crippen MR) is 121 cm³/mol. The minimum absolute atomic E-state index is 0.200. The zero-order valence-corrected chi connectivity index (χ0v) is 17.8. The Morgan fingerprint density at radius 3 is 2.57 bits per heavy atom. The summed E-state index contributed by atoms with van der Waals surface area (Å²) in [6, 6.07) is 17.9. The van der Waals surface area contributed by atoms with Crippen molar-refractivity contribution in [3.8, 4) is 0 Å². The van der Waals surface area contributed by atoms with Crippen LogP contribution in [0.5, 0.6) is 0 Å². The number of fused-ring (bicyclic) bond motifs is 2. The van der Waals surface area contributed by atoms with E-state index in [0.29, 0.717) is 25.4 Å². The van der Waals surface area contributed by atoms with Crippen molar-refractivity contribution in [1.82, 2.24) is 9.97 Å². The van der Waals surface area contributed by atoms with Gasteiger partial charge in [-0.2, -0.15) is 0 Å². The number of pyridine rings is 1. The Morgan fingerprint density at radius 1 is 1.00 bits per heavy atom. The number of nitrogens with zero attached hydrogens (tertiary/aromatic N) is 3. The van der Waals surface area contributed by atoms with Crippen LogP contribution >= 0.6 is 34.3 Å². The van der Waals surface area contributed by atoms with Crippen molar-refractivity contribution < 1.29 is 9.18 Å². The van der Waals surface area contributed by atoms with E-state index in [9.17, 15) is 9.18 Å². The van der Waals surface area contributed by atoms with Gasteiger partial charge in [-0.15, -0.1) is 11.3 Å². The van der Waals surface area contributed by atoms with Gasteiger partial charge in [-0.25, -0.2) is 9.37 Å². The van der Waals surface area contributed by atoms with E-state index in [2.05, 4.69) is 9.97 Å². The Morgan fingerprint density at radius 2 is 1.80 bits per heavy atom. The highest BCUT2D eigenvalue weighted by Crippen LogP contribution is 2.38. The van der Waals surface area contributed by atoms with E-state index in [-0.39, 0.29) is 18.0 Å². The molecule has 0 aliphatic heterocycles. The van der Waals surface area contributed by atoms with E-state index < -0.39 is 5.82 Å². The molecule has 0 aliphatic rings. The number of benzene rings is 2. The molecule has 148 valence electrons. The van der Waals surface area contributed by atoms with Crippen LogP contribution in [0, 0.1) is 5.82 Å². The fraction of sp³-hybridized carbons (Fsp3) is 0.0455. The highest BCUT2D eigenvalue weighted by atomic mass is 35.5. The summed E-state index contributed by atoms with van der Waals surface area (Å²) in [5.41, 5.74) is 0.946. The normalized spacial score (nSPS) is 11.3. The van der Waals surface area contributed by atoms with Crippen molar-refractivity contribution in [3.63, 3.8) is 0 Å². The standard InChI is InChI=1S/C22H13ClFN3OS2/c23-18-14-7-1-2-9-16(14)29-20(18)21(28)27(12-13-6-3-4-11-25-13)22-26-19-15(24)8-5-10-17(19)30-22/h1-11H,12H2. The van der Waals surface area contributed by atoms with Crippen molar-refractivity contribution in [2.24, 2.45) is 0 Å². The van der Waals surface area contributed by atoms with Crippen molar-refractivity contribution in [1.29, 1.82) is 0 Å². The van der Waals surface area contributed by atoms with Gasteiger partial charge < -0.3 is 0 Å². The van der Waals surface area contributed by atoms with Crippen LogP contribution in [0.2, 0.25) is 5.02 Å². The first-order valence-corrected chi connectivity index (χ1v) is 11.1. The first kappa shape index (κ1) is 19.1. The first-order chi connectivity index (χ1) is 14.6. The van der Waals surface area contributed by atoms with Crippen molar-refractivity contribution >= 4 is 65.6 Å². The van der Waals surface area contributed by atoms with Gasteiger partial charge >= 0.3 is 0 Å². The van der Waals surface area contributed by atoms with Gasteiger partial charge in [0.25, 0.3) is 5.91 Å². The molecule has 0 aliphatic carbocycles.